The Morgan fingerprint density at radius 1 is 0.971 bits per heavy atom. The summed E-state index contributed by atoms with van der Waals surface area (Å²) >= 11 is 0. The van der Waals surface area contributed by atoms with Crippen molar-refractivity contribution in [3.63, 3.8) is 0 Å². The molecule has 0 aromatic heterocycles. The fraction of sp³-hybridized carbons (Fsp3) is 0.148. The van der Waals surface area contributed by atoms with Crippen LogP contribution in [0.3, 0.4) is 0 Å². The lowest BCUT2D eigenvalue weighted by atomic mass is 10.0. The molecule has 0 aliphatic carbocycles. The van der Waals surface area contributed by atoms with Crippen LogP contribution >= 0.6 is 0 Å². The Morgan fingerprint density at radius 2 is 1.74 bits per heavy atom. The standard InChI is InChI=1S/C27H23FN2O5/c1-16-7-6-10-22(17(16)2)30-26(32)20(25(31)29-27(30)33)13-18-11-12-23(24(14-18)34-3)35-15-19-8-4-5-9-21(19)28/h4-14H,15H2,1-3H3,(H,29,31,33)/b20-13+. The number of aryl methyl sites for hydroxylation is 1. The summed E-state index contributed by atoms with van der Waals surface area (Å²) in [4.78, 5) is 39.2. The van der Waals surface area contributed by atoms with Gasteiger partial charge in [-0.2, -0.15) is 0 Å². The molecule has 1 aliphatic heterocycles. The number of ether oxygens (including phenoxy) is 2. The largest absolute Gasteiger partial charge is 0.493 e. The highest BCUT2D eigenvalue weighted by molar-refractivity contribution is 6.39. The van der Waals surface area contributed by atoms with Gasteiger partial charge in [-0.1, -0.05) is 36.4 Å². The SMILES string of the molecule is COc1cc(/C=C2\C(=O)NC(=O)N(c3cccc(C)c3C)C2=O)ccc1OCc1ccccc1F. The average molecular weight is 474 g/mol. The normalized spacial score (nSPS) is 14.8. The molecule has 0 unspecified atom stereocenters. The maximum absolute atomic E-state index is 13.9. The van der Waals surface area contributed by atoms with Gasteiger partial charge in [0.05, 0.1) is 12.8 Å². The molecule has 35 heavy (non-hydrogen) atoms. The summed E-state index contributed by atoms with van der Waals surface area (Å²) in [6.45, 7) is 3.67. The van der Waals surface area contributed by atoms with E-state index < -0.39 is 17.8 Å². The van der Waals surface area contributed by atoms with E-state index in [4.69, 9.17) is 9.47 Å². The maximum atomic E-state index is 13.9. The van der Waals surface area contributed by atoms with Crippen LogP contribution in [0.4, 0.5) is 14.9 Å². The van der Waals surface area contributed by atoms with E-state index in [1.807, 2.05) is 13.0 Å². The minimum Gasteiger partial charge on any atom is -0.493 e. The van der Waals surface area contributed by atoms with Crippen molar-refractivity contribution < 1.29 is 28.2 Å². The highest BCUT2D eigenvalue weighted by Gasteiger charge is 2.37. The van der Waals surface area contributed by atoms with Crippen molar-refractivity contribution in [2.45, 2.75) is 20.5 Å². The molecule has 0 spiro atoms. The fourth-order valence-corrected chi connectivity index (χ4v) is 3.68. The number of nitrogens with zero attached hydrogens (tertiary/aromatic N) is 1. The molecule has 8 heteroatoms. The topological polar surface area (TPSA) is 84.9 Å². The Bertz CT molecular complexity index is 1370. The summed E-state index contributed by atoms with van der Waals surface area (Å²) in [5.41, 5.74) is 2.73. The van der Waals surface area contributed by atoms with Gasteiger partial charge in [0.2, 0.25) is 0 Å². The van der Waals surface area contributed by atoms with Crippen molar-refractivity contribution >= 4 is 29.6 Å². The maximum Gasteiger partial charge on any atom is 0.335 e. The third kappa shape index (κ3) is 4.77. The fourth-order valence-electron chi connectivity index (χ4n) is 3.68. The Morgan fingerprint density at radius 3 is 2.49 bits per heavy atom. The minimum atomic E-state index is -0.805. The smallest absolute Gasteiger partial charge is 0.335 e. The van der Waals surface area contributed by atoms with Crippen molar-refractivity contribution in [3.8, 4) is 11.5 Å². The van der Waals surface area contributed by atoms with Gasteiger partial charge in [0.1, 0.15) is 18.0 Å². The van der Waals surface area contributed by atoms with Gasteiger partial charge in [-0.25, -0.2) is 14.1 Å². The van der Waals surface area contributed by atoms with Crippen LogP contribution in [0, 0.1) is 19.7 Å². The average Bonchev–Trinajstić information content (AvgIpc) is 2.84. The molecule has 178 valence electrons. The molecule has 1 fully saturated rings. The molecule has 0 radical (unpaired) electrons. The zero-order chi connectivity index (χ0) is 25.1. The van der Waals surface area contributed by atoms with Crippen LogP contribution in [0.1, 0.15) is 22.3 Å². The Hall–Kier alpha value is -4.46. The molecular weight excluding hydrogens is 451 g/mol. The summed E-state index contributed by atoms with van der Waals surface area (Å²) < 4.78 is 25.0. The second kappa shape index (κ2) is 9.80. The van der Waals surface area contributed by atoms with Crippen LogP contribution in [0.25, 0.3) is 6.08 Å². The van der Waals surface area contributed by atoms with Gasteiger partial charge >= 0.3 is 6.03 Å². The monoisotopic (exact) mass is 474 g/mol. The summed E-state index contributed by atoms with van der Waals surface area (Å²) in [5.74, 6) is -1.20. The molecule has 0 bridgehead atoms. The molecule has 3 aromatic rings. The zero-order valence-corrected chi connectivity index (χ0v) is 19.4. The zero-order valence-electron chi connectivity index (χ0n) is 19.4. The Balaban J connectivity index is 1.63. The van der Waals surface area contributed by atoms with Crippen molar-refractivity contribution in [2.24, 2.45) is 0 Å². The number of barbiturate groups is 1. The van der Waals surface area contributed by atoms with E-state index >= 15 is 0 Å². The number of methoxy groups -OCH3 is 1. The number of benzene rings is 3. The van der Waals surface area contributed by atoms with Gasteiger partial charge in [-0.3, -0.25) is 14.9 Å². The summed E-state index contributed by atoms with van der Waals surface area (Å²) in [7, 11) is 1.45. The summed E-state index contributed by atoms with van der Waals surface area (Å²) in [6.07, 6.45) is 1.38. The number of amides is 4. The number of hydrogen-bond donors (Lipinski definition) is 1. The van der Waals surface area contributed by atoms with Gasteiger partial charge in [0.15, 0.2) is 11.5 Å². The predicted octanol–water partition coefficient (Wildman–Crippen LogP) is 4.70. The lowest BCUT2D eigenvalue weighted by Gasteiger charge is -2.28. The molecule has 7 nitrogen and oxygen atoms in total. The lowest BCUT2D eigenvalue weighted by molar-refractivity contribution is -0.122. The molecule has 0 saturated carbocycles. The van der Waals surface area contributed by atoms with Crippen molar-refractivity contribution in [1.82, 2.24) is 5.32 Å². The number of imide groups is 2. The van der Waals surface area contributed by atoms with Gasteiger partial charge < -0.3 is 9.47 Å². The molecule has 1 saturated heterocycles. The predicted molar refractivity (Wildman–Crippen MR) is 129 cm³/mol. The number of urea groups is 1. The summed E-state index contributed by atoms with van der Waals surface area (Å²) in [5, 5.41) is 2.23. The first-order chi connectivity index (χ1) is 16.8. The molecule has 1 heterocycles. The molecule has 4 amide bonds. The Labute approximate surface area is 201 Å². The highest BCUT2D eigenvalue weighted by Crippen LogP contribution is 2.31. The number of carbonyl (C=O) groups is 3. The number of halogens is 1. The third-order valence-corrected chi connectivity index (χ3v) is 5.76. The van der Waals surface area contributed by atoms with Crippen LogP contribution in [0.2, 0.25) is 0 Å². The summed E-state index contributed by atoms with van der Waals surface area (Å²) in [6, 6.07) is 15.6. The molecule has 1 aliphatic rings. The van der Waals surface area contributed by atoms with Gasteiger partial charge in [-0.15, -0.1) is 0 Å². The third-order valence-electron chi connectivity index (χ3n) is 5.76. The van der Waals surface area contributed by atoms with E-state index in [0.29, 0.717) is 28.3 Å². The van der Waals surface area contributed by atoms with Crippen molar-refractivity contribution in [2.75, 3.05) is 12.0 Å². The van der Waals surface area contributed by atoms with Gasteiger partial charge in [-0.05, 0) is 60.9 Å². The molecule has 1 N–H and O–H groups in total. The number of rotatable bonds is 6. The van der Waals surface area contributed by atoms with E-state index in [2.05, 4.69) is 5.32 Å². The lowest BCUT2D eigenvalue weighted by Crippen LogP contribution is -2.54. The van der Waals surface area contributed by atoms with Crippen LogP contribution in [-0.2, 0) is 16.2 Å². The number of carbonyl (C=O) groups excluding carboxylic acids is 3. The first-order valence-electron chi connectivity index (χ1n) is 10.8. The number of nitrogens with one attached hydrogen (secondary N) is 1. The molecule has 3 aromatic carbocycles. The molecule has 0 atom stereocenters. The van der Waals surface area contributed by atoms with Crippen molar-refractivity contribution in [1.29, 1.82) is 0 Å². The Kier molecular flexibility index (Phi) is 6.64. The first kappa shape index (κ1) is 23.7. The van der Waals surface area contributed by atoms with Crippen LogP contribution in [-0.4, -0.2) is 25.0 Å². The van der Waals surface area contributed by atoms with Gasteiger partial charge in [0, 0.05) is 5.56 Å². The van der Waals surface area contributed by atoms with Crippen LogP contribution < -0.4 is 19.7 Å². The van der Waals surface area contributed by atoms with Gasteiger partial charge in [0.25, 0.3) is 11.8 Å². The molecular formula is C27H23FN2O5. The van der Waals surface area contributed by atoms with Crippen molar-refractivity contribution in [3.05, 3.63) is 94.3 Å². The first-order valence-corrected chi connectivity index (χ1v) is 10.8. The second-order valence-corrected chi connectivity index (χ2v) is 7.97. The van der Waals surface area contributed by atoms with Crippen LogP contribution in [0.5, 0.6) is 11.5 Å². The van der Waals surface area contributed by atoms with E-state index in [0.717, 1.165) is 16.0 Å². The van der Waals surface area contributed by atoms with Crippen LogP contribution in [0.15, 0.2) is 66.2 Å². The highest BCUT2D eigenvalue weighted by atomic mass is 19.1. The quantitative estimate of drug-likeness (QED) is 0.414. The van der Waals surface area contributed by atoms with E-state index in [1.165, 1.54) is 19.3 Å². The van der Waals surface area contributed by atoms with E-state index in [1.54, 1.807) is 55.5 Å². The number of anilines is 1. The minimum absolute atomic E-state index is 0.00270. The number of hydrogen-bond acceptors (Lipinski definition) is 5. The molecule has 4 rings (SSSR count). The second-order valence-electron chi connectivity index (χ2n) is 7.97. The van der Waals surface area contributed by atoms with E-state index in [9.17, 15) is 18.8 Å². The van der Waals surface area contributed by atoms with E-state index in [-0.39, 0.29) is 18.0 Å².